The van der Waals surface area contributed by atoms with Gasteiger partial charge in [0.25, 0.3) is 5.69 Å². The predicted molar refractivity (Wildman–Crippen MR) is 65.7 cm³/mol. The molecule has 0 aliphatic carbocycles. The van der Waals surface area contributed by atoms with Crippen LogP contribution in [0.2, 0.25) is 0 Å². The van der Waals surface area contributed by atoms with Gasteiger partial charge in [-0.15, -0.1) is 0 Å². The molecule has 1 aromatic rings. The minimum absolute atomic E-state index is 0.151. The largest absolute Gasteiger partial charge is 0.379 e. The van der Waals surface area contributed by atoms with Crippen LogP contribution < -0.4 is 5.32 Å². The number of hydrogen-bond donors (Lipinski definition) is 1. The van der Waals surface area contributed by atoms with Gasteiger partial charge in [0.15, 0.2) is 0 Å². The Balaban J connectivity index is 2.44. The number of benzene rings is 1. The van der Waals surface area contributed by atoms with Crippen molar-refractivity contribution in [2.75, 3.05) is 11.9 Å². The Bertz CT molecular complexity index is 340. The number of anilines is 1. The van der Waals surface area contributed by atoms with Crippen molar-refractivity contribution < 1.29 is 4.92 Å². The lowest BCUT2D eigenvalue weighted by atomic mass is 10.2. The molecule has 88 valence electrons. The minimum Gasteiger partial charge on any atom is -0.379 e. The molecule has 0 aliphatic heterocycles. The van der Waals surface area contributed by atoms with E-state index in [1.54, 1.807) is 18.2 Å². The fourth-order valence-electron chi connectivity index (χ4n) is 1.56. The van der Waals surface area contributed by atoms with E-state index in [1.807, 2.05) is 0 Å². The summed E-state index contributed by atoms with van der Waals surface area (Å²) in [6.45, 7) is 2.96. The molecule has 0 spiro atoms. The van der Waals surface area contributed by atoms with Crippen molar-refractivity contribution in [3.63, 3.8) is 0 Å². The fourth-order valence-corrected chi connectivity index (χ4v) is 1.56. The van der Waals surface area contributed by atoms with Crippen LogP contribution in [0.15, 0.2) is 24.3 Å². The summed E-state index contributed by atoms with van der Waals surface area (Å²) in [6, 6.07) is 6.76. The SMILES string of the molecule is CCCCCCNc1ccccc1[N+](=O)[O-]. The average molecular weight is 222 g/mol. The van der Waals surface area contributed by atoms with E-state index in [0.717, 1.165) is 13.0 Å². The third kappa shape index (κ3) is 3.88. The zero-order valence-electron chi connectivity index (χ0n) is 9.61. The second-order valence-corrected chi connectivity index (χ2v) is 3.76. The van der Waals surface area contributed by atoms with Crippen LogP contribution in [0.25, 0.3) is 0 Å². The molecular formula is C12H18N2O2. The maximum atomic E-state index is 10.7. The topological polar surface area (TPSA) is 55.2 Å². The third-order valence-electron chi connectivity index (χ3n) is 2.45. The van der Waals surface area contributed by atoms with Crippen LogP contribution in [0.4, 0.5) is 11.4 Å². The van der Waals surface area contributed by atoms with Crippen LogP contribution in [0.3, 0.4) is 0 Å². The molecule has 4 nitrogen and oxygen atoms in total. The molecule has 4 heteroatoms. The third-order valence-corrected chi connectivity index (χ3v) is 2.45. The van der Waals surface area contributed by atoms with E-state index in [1.165, 1.54) is 25.3 Å². The second-order valence-electron chi connectivity index (χ2n) is 3.76. The summed E-state index contributed by atoms with van der Waals surface area (Å²) in [7, 11) is 0. The molecule has 0 aromatic heterocycles. The van der Waals surface area contributed by atoms with Gasteiger partial charge in [0, 0.05) is 12.6 Å². The number of unbranched alkanes of at least 4 members (excludes halogenated alkanes) is 3. The summed E-state index contributed by atoms with van der Waals surface area (Å²) in [5, 5.41) is 13.8. The fraction of sp³-hybridized carbons (Fsp3) is 0.500. The molecule has 0 bridgehead atoms. The van der Waals surface area contributed by atoms with Gasteiger partial charge in [-0.05, 0) is 12.5 Å². The second kappa shape index (κ2) is 6.82. The monoisotopic (exact) mass is 222 g/mol. The molecule has 1 rings (SSSR count). The van der Waals surface area contributed by atoms with Gasteiger partial charge in [-0.25, -0.2) is 0 Å². The van der Waals surface area contributed by atoms with Gasteiger partial charge in [-0.3, -0.25) is 10.1 Å². The maximum absolute atomic E-state index is 10.7. The number of nitrogens with one attached hydrogen (secondary N) is 1. The number of rotatable bonds is 7. The molecule has 0 saturated carbocycles. The Morgan fingerprint density at radius 3 is 2.69 bits per heavy atom. The van der Waals surface area contributed by atoms with Gasteiger partial charge >= 0.3 is 0 Å². The average Bonchev–Trinajstić information content (AvgIpc) is 2.29. The molecule has 0 atom stereocenters. The number of nitrogens with zero attached hydrogens (tertiary/aromatic N) is 1. The summed E-state index contributed by atoms with van der Waals surface area (Å²) in [5.74, 6) is 0. The molecule has 0 fully saturated rings. The smallest absolute Gasteiger partial charge is 0.292 e. The van der Waals surface area contributed by atoms with Crippen molar-refractivity contribution >= 4 is 11.4 Å². The first-order chi connectivity index (χ1) is 7.75. The number of para-hydroxylation sites is 2. The highest BCUT2D eigenvalue weighted by atomic mass is 16.6. The van der Waals surface area contributed by atoms with Gasteiger partial charge < -0.3 is 5.32 Å². The maximum Gasteiger partial charge on any atom is 0.292 e. The summed E-state index contributed by atoms with van der Waals surface area (Å²) >= 11 is 0. The van der Waals surface area contributed by atoms with Crippen LogP contribution in [0.5, 0.6) is 0 Å². The van der Waals surface area contributed by atoms with E-state index in [9.17, 15) is 10.1 Å². The number of nitro groups is 1. The van der Waals surface area contributed by atoms with Crippen LogP contribution in [-0.2, 0) is 0 Å². The van der Waals surface area contributed by atoms with Crippen LogP contribution in [0, 0.1) is 10.1 Å². The van der Waals surface area contributed by atoms with Crippen LogP contribution >= 0.6 is 0 Å². The van der Waals surface area contributed by atoms with Crippen molar-refractivity contribution in [1.82, 2.24) is 0 Å². The van der Waals surface area contributed by atoms with E-state index in [-0.39, 0.29) is 10.6 Å². The minimum atomic E-state index is -0.353. The Kier molecular flexibility index (Phi) is 5.32. The highest BCUT2D eigenvalue weighted by Gasteiger charge is 2.10. The highest BCUT2D eigenvalue weighted by Crippen LogP contribution is 2.22. The van der Waals surface area contributed by atoms with Crippen LogP contribution in [-0.4, -0.2) is 11.5 Å². The van der Waals surface area contributed by atoms with Crippen molar-refractivity contribution in [3.05, 3.63) is 34.4 Å². The molecule has 1 N–H and O–H groups in total. The van der Waals surface area contributed by atoms with Crippen molar-refractivity contribution in [2.24, 2.45) is 0 Å². The van der Waals surface area contributed by atoms with Gasteiger partial charge in [-0.1, -0.05) is 38.3 Å². The number of hydrogen-bond acceptors (Lipinski definition) is 3. The zero-order chi connectivity index (χ0) is 11.8. The normalized spacial score (nSPS) is 10.1. The molecule has 0 aliphatic rings. The molecule has 0 unspecified atom stereocenters. The molecule has 1 aromatic carbocycles. The first kappa shape index (κ1) is 12.5. The summed E-state index contributed by atoms with van der Waals surface area (Å²) in [5.41, 5.74) is 0.766. The summed E-state index contributed by atoms with van der Waals surface area (Å²) in [6.07, 6.45) is 4.65. The van der Waals surface area contributed by atoms with E-state index < -0.39 is 0 Å². The molecular weight excluding hydrogens is 204 g/mol. The van der Waals surface area contributed by atoms with Crippen molar-refractivity contribution in [2.45, 2.75) is 32.6 Å². The quantitative estimate of drug-likeness (QED) is 0.435. The molecule has 0 amide bonds. The first-order valence-corrected chi connectivity index (χ1v) is 5.73. The molecule has 0 saturated heterocycles. The molecule has 0 radical (unpaired) electrons. The van der Waals surface area contributed by atoms with Crippen molar-refractivity contribution in [1.29, 1.82) is 0 Å². The van der Waals surface area contributed by atoms with E-state index in [2.05, 4.69) is 12.2 Å². The number of nitro benzene ring substituents is 1. The van der Waals surface area contributed by atoms with Gasteiger partial charge in [0.05, 0.1) is 4.92 Å². The zero-order valence-corrected chi connectivity index (χ0v) is 9.61. The molecule has 0 heterocycles. The standard InChI is InChI=1S/C12H18N2O2/c1-2-3-4-7-10-13-11-8-5-6-9-12(11)14(15)16/h5-6,8-9,13H,2-4,7,10H2,1H3. The Labute approximate surface area is 95.8 Å². The Morgan fingerprint density at radius 1 is 1.25 bits per heavy atom. The summed E-state index contributed by atoms with van der Waals surface area (Å²) < 4.78 is 0. The lowest BCUT2D eigenvalue weighted by molar-refractivity contribution is -0.384. The van der Waals surface area contributed by atoms with Gasteiger partial charge in [0.2, 0.25) is 0 Å². The first-order valence-electron chi connectivity index (χ1n) is 5.73. The highest BCUT2D eigenvalue weighted by molar-refractivity contribution is 5.60. The van der Waals surface area contributed by atoms with Crippen molar-refractivity contribution in [3.8, 4) is 0 Å². The van der Waals surface area contributed by atoms with Gasteiger partial charge in [0.1, 0.15) is 5.69 Å². The summed E-state index contributed by atoms with van der Waals surface area (Å²) in [4.78, 5) is 10.4. The Hall–Kier alpha value is -1.58. The van der Waals surface area contributed by atoms with E-state index in [4.69, 9.17) is 0 Å². The lowest BCUT2D eigenvalue weighted by Crippen LogP contribution is -2.03. The Morgan fingerprint density at radius 2 is 2.00 bits per heavy atom. The predicted octanol–water partition coefficient (Wildman–Crippen LogP) is 3.59. The van der Waals surface area contributed by atoms with Gasteiger partial charge in [-0.2, -0.15) is 0 Å². The van der Waals surface area contributed by atoms with E-state index in [0.29, 0.717) is 5.69 Å². The van der Waals surface area contributed by atoms with Crippen LogP contribution in [0.1, 0.15) is 32.6 Å². The lowest BCUT2D eigenvalue weighted by Gasteiger charge is -2.06. The van der Waals surface area contributed by atoms with E-state index >= 15 is 0 Å². The molecule has 16 heavy (non-hydrogen) atoms.